The summed E-state index contributed by atoms with van der Waals surface area (Å²) in [4.78, 5) is 0. The number of benzene rings is 3. The number of rotatable bonds is 2. The highest BCUT2D eigenvalue weighted by Gasteiger charge is 2.19. The van der Waals surface area contributed by atoms with Crippen LogP contribution in [0.5, 0.6) is 11.5 Å². The molecule has 0 amide bonds. The summed E-state index contributed by atoms with van der Waals surface area (Å²) in [7, 11) is 0. The van der Waals surface area contributed by atoms with E-state index >= 15 is 0 Å². The summed E-state index contributed by atoms with van der Waals surface area (Å²) in [5.41, 5.74) is 1.20. The minimum Gasteiger partial charge on any atom is -0.507 e. The van der Waals surface area contributed by atoms with Crippen LogP contribution < -0.4 is 0 Å². The third kappa shape index (κ3) is 2.63. The fraction of sp³-hybridized carbons (Fsp3) is 0.0526. The average molecular weight is 312 g/mol. The van der Waals surface area contributed by atoms with E-state index in [9.17, 15) is 19.0 Å². The highest BCUT2D eigenvalue weighted by molar-refractivity contribution is 5.77. The zero-order valence-corrected chi connectivity index (χ0v) is 12.3. The van der Waals surface area contributed by atoms with Gasteiger partial charge in [0.1, 0.15) is 11.5 Å². The lowest BCUT2D eigenvalue weighted by molar-refractivity contribution is 0.473. The Kier molecular flexibility index (Phi) is 3.74. The number of hydrogen-bond acceptors (Lipinski definition) is 2. The highest BCUT2D eigenvalue weighted by Crippen LogP contribution is 2.37. The first-order valence-electron chi connectivity index (χ1n) is 7.05. The molecule has 0 unspecified atom stereocenters. The molecule has 2 nitrogen and oxygen atoms in total. The topological polar surface area (TPSA) is 40.5 Å². The van der Waals surface area contributed by atoms with Crippen LogP contribution in [-0.2, 0) is 0 Å². The molecule has 0 saturated carbocycles. The van der Waals surface area contributed by atoms with Crippen LogP contribution in [-0.4, -0.2) is 10.2 Å². The molecule has 0 spiro atoms. The summed E-state index contributed by atoms with van der Waals surface area (Å²) in [5.74, 6) is -2.38. The summed E-state index contributed by atoms with van der Waals surface area (Å²) in [6.07, 6.45) is 0. The van der Waals surface area contributed by atoms with Gasteiger partial charge in [-0.2, -0.15) is 0 Å². The van der Waals surface area contributed by atoms with E-state index in [4.69, 9.17) is 0 Å². The van der Waals surface area contributed by atoms with E-state index in [0.717, 1.165) is 5.56 Å². The molecule has 0 bridgehead atoms. The van der Waals surface area contributed by atoms with E-state index in [1.165, 1.54) is 30.3 Å². The van der Waals surface area contributed by atoms with Crippen LogP contribution in [0.1, 0.15) is 5.56 Å². The van der Waals surface area contributed by atoms with Crippen molar-refractivity contribution in [3.05, 3.63) is 71.8 Å². The highest BCUT2D eigenvalue weighted by atomic mass is 19.2. The molecule has 0 radical (unpaired) electrons. The van der Waals surface area contributed by atoms with Gasteiger partial charge in [-0.05, 0) is 25.1 Å². The van der Waals surface area contributed by atoms with Crippen molar-refractivity contribution in [1.82, 2.24) is 0 Å². The van der Waals surface area contributed by atoms with Gasteiger partial charge in [0.2, 0.25) is 0 Å². The van der Waals surface area contributed by atoms with Crippen LogP contribution >= 0.6 is 0 Å². The first-order valence-corrected chi connectivity index (χ1v) is 7.05. The molecule has 3 aromatic rings. The van der Waals surface area contributed by atoms with Crippen LogP contribution in [0.25, 0.3) is 22.3 Å². The van der Waals surface area contributed by atoms with Crippen molar-refractivity contribution in [2.75, 3.05) is 0 Å². The number of hydrogen-bond donors (Lipinski definition) is 2. The quantitative estimate of drug-likeness (QED) is 0.697. The van der Waals surface area contributed by atoms with Crippen molar-refractivity contribution < 1.29 is 19.0 Å². The maximum absolute atomic E-state index is 14.5. The molecule has 0 atom stereocenters. The molecule has 0 saturated heterocycles. The monoisotopic (exact) mass is 312 g/mol. The van der Waals surface area contributed by atoms with Crippen LogP contribution in [0, 0.1) is 18.6 Å². The zero-order chi connectivity index (χ0) is 16.6. The molecule has 0 aliphatic carbocycles. The molecule has 0 aliphatic rings. The molecule has 0 heterocycles. The van der Waals surface area contributed by atoms with Crippen molar-refractivity contribution >= 4 is 0 Å². The molecule has 2 N–H and O–H groups in total. The third-order valence-electron chi connectivity index (χ3n) is 3.72. The normalized spacial score (nSPS) is 10.7. The lowest BCUT2D eigenvalue weighted by atomic mass is 9.97. The van der Waals surface area contributed by atoms with Gasteiger partial charge in [-0.15, -0.1) is 0 Å². The van der Waals surface area contributed by atoms with E-state index in [-0.39, 0.29) is 33.8 Å². The third-order valence-corrected chi connectivity index (χ3v) is 3.72. The lowest BCUT2D eigenvalue weighted by Crippen LogP contribution is -1.95. The van der Waals surface area contributed by atoms with Gasteiger partial charge in [-0.3, -0.25) is 0 Å². The van der Waals surface area contributed by atoms with E-state index in [0.29, 0.717) is 0 Å². The van der Waals surface area contributed by atoms with Crippen molar-refractivity contribution in [2.24, 2.45) is 0 Å². The first-order chi connectivity index (χ1) is 11.0. The molecular weight excluding hydrogens is 298 g/mol. The van der Waals surface area contributed by atoms with Gasteiger partial charge in [0, 0.05) is 22.3 Å². The largest absolute Gasteiger partial charge is 0.507 e. The van der Waals surface area contributed by atoms with Crippen molar-refractivity contribution in [3.63, 3.8) is 0 Å². The standard InChI is InChI=1S/C19H14F2O2/c1-11-6-9-17(23)15(10-11)14-8-7-13(18(20)19(14)21)12-4-2-3-5-16(12)22/h2-10,22-23H,1H3. The number of aryl methyl sites for hydroxylation is 1. The van der Waals surface area contributed by atoms with Crippen LogP contribution in [0.3, 0.4) is 0 Å². The first kappa shape index (κ1) is 15.0. The van der Waals surface area contributed by atoms with E-state index in [1.54, 1.807) is 31.2 Å². The molecule has 23 heavy (non-hydrogen) atoms. The minimum absolute atomic E-state index is 0.0251. The van der Waals surface area contributed by atoms with Gasteiger partial charge in [-0.25, -0.2) is 8.78 Å². The van der Waals surface area contributed by atoms with Crippen molar-refractivity contribution in [3.8, 4) is 33.8 Å². The van der Waals surface area contributed by atoms with Gasteiger partial charge >= 0.3 is 0 Å². The Hall–Kier alpha value is -2.88. The predicted octanol–water partition coefficient (Wildman–Crippen LogP) is 5.02. The van der Waals surface area contributed by atoms with Crippen LogP contribution in [0.4, 0.5) is 8.78 Å². The summed E-state index contributed by atoms with van der Waals surface area (Å²) in [6, 6.07) is 13.7. The second-order valence-corrected chi connectivity index (χ2v) is 5.33. The second kappa shape index (κ2) is 5.72. The number of aromatic hydroxyl groups is 2. The summed E-state index contributed by atoms with van der Waals surface area (Å²) >= 11 is 0. The Labute approximate surface area is 132 Å². The second-order valence-electron chi connectivity index (χ2n) is 5.33. The van der Waals surface area contributed by atoms with Gasteiger partial charge < -0.3 is 10.2 Å². The van der Waals surface area contributed by atoms with Crippen molar-refractivity contribution in [1.29, 1.82) is 0 Å². The molecule has 3 aromatic carbocycles. The number of halogens is 2. The summed E-state index contributed by atoms with van der Waals surface area (Å²) in [5, 5.41) is 19.7. The van der Waals surface area contributed by atoms with Crippen LogP contribution in [0.15, 0.2) is 54.6 Å². The fourth-order valence-electron chi connectivity index (χ4n) is 2.53. The molecule has 116 valence electrons. The van der Waals surface area contributed by atoms with Gasteiger partial charge in [0.25, 0.3) is 0 Å². The van der Waals surface area contributed by atoms with Gasteiger partial charge in [-0.1, -0.05) is 42.0 Å². The summed E-state index contributed by atoms with van der Waals surface area (Å²) < 4.78 is 29.0. The smallest absolute Gasteiger partial charge is 0.167 e. The number of phenolic OH excluding ortho intramolecular Hbond substituents is 2. The molecule has 0 aromatic heterocycles. The fourth-order valence-corrected chi connectivity index (χ4v) is 2.53. The maximum atomic E-state index is 14.5. The Balaban J connectivity index is 2.19. The number of phenols is 2. The average Bonchev–Trinajstić information content (AvgIpc) is 2.53. The predicted molar refractivity (Wildman–Crippen MR) is 85.3 cm³/mol. The molecule has 4 heteroatoms. The van der Waals surface area contributed by atoms with E-state index in [2.05, 4.69) is 0 Å². The summed E-state index contributed by atoms with van der Waals surface area (Å²) in [6.45, 7) is 1.80. The lowest BCUT2D eigenvalue weighted by Gasteiger charge is -2.11. The minimum atomic E-state index is -1.06. The Morgan fingerprint density at radius 2 is 1.22 bits per heavy atom. The zero-order valence-electron chi connectivity index (χ0n) is 12.3. The van der Waals surface area contributed by atoms with E-state index in [1.807, 2.05) is 0 Å². The Bertz CT molecular complexity index is 889. The Morgan fingerprint density at radius 3 is 1.87 bits per heavy atom. The Morgan fingerprint density at radius 1 is 0.652 bits per heavy atom. The molecule has 0 fully saturated rings. The maximum Gasteiger partial charge on any atom is 0.167 e. The SMILES string of the molecule is Cc1ccc(O)c(-c2ccc(-c3ccccc3O)c(F)c2F)c1. The van der Waals surface area contributed by atoms with Gasteiger partial charge in [0.05, 0.1) is 0 Å². The van der Waals surface area contributed by atoms with Crippen LogP contribution in [0.2, 0.25) is 0 Å². The molecule has 3 rings (SSSR count). The number of para-hydroxylation sites is 1. The van der Waals surface area contributed by atoms with E-state index < -0.39 is 11.6 Å². The molecular formula is C19H14F2O2. The van der Waals surface area contributed by atoms with Crippen molar-refractivity contribution in [2.45, 2.75) is 6.92 Å². The molecule has 0 aliphatic heterocycles. The van der Waals surface area contributed by atoms with Gasteiger partial charge in [0.15, 0.2) is 11.6 Å².